The zero-order valence-corrected chi connectivity index (χ0v) is 13.9. The lowest BCUT2D eigenvalue weighted by molar-refractivity contribution is -0.120. The third-order valence-electron chi connectivity index (χ3n) is 4.68. The van der Waals surface area contributed by atoms with E-state index in [9.17, 15) is 4.79 Å². The van der Waals surface area contributed by atoms with Crippen molar-refractivity contribution in [3.8, 4) is 0 Å². The van der Waals surface area contributed by atoms with E-state index in [0.29, 0.717) is 13.0 Å². The van der Waals surface area contributed by atoms with Crippen LogP contribution in [0.25, 0.3) is 11.0 Å². The van der Waals surface area contributed by atoms with Crippen molar-refractivity contribution in [1.29, 1.82) is 0 Å². The van der Waals surface area contributed by atoms with Gasteiger partial charge in [-0.2, -0.15) is 5.10 Å². The van der Waals surface area contributed by atoms with Gasteiger partial charge < -0.3 is 14.6 Å². The number of carbonyl (C=O) groups is 1. The van der Waals surface area contributed by atoms with Gasteiger partial charge in [0.2, 0.25) is 5.91 Å². The normalized spacial score (nSPS) is 17.1. The first-order chi connectivity index (χ1) is 12.3. The van der Waals surface area contributed by atoms with E-state index < -0.39 is 0 Å². The fraction of sp³-hybridized carbons (Fsp3) is 0.316. The van der Waals surface area contributed by atoms with Crippen molar-refractivity contribution in [2.75, 3.05) is 18.0 Å². The Morgan fingerprint density at radius 2 is 2.20 bits per heavy atom. The van der Waals surface area contributed by atoms with Crippen molar-refractivity contribution in [2.24, 2.45) is 0 Å². The van der Waals surface area contributed by atoms with Gasteiger partial charge in [0, 0.05) is 36.3 Å². The standard InChI is InChI=1S/C19H20N4O2/c24-19(11-14-13-25-17-7-2-1-6-16(14)17)20-12-15-5-4-10-23(15)18-8-3-9-21-22-18/h1-3,6-9,13,15H,4-5,10-12H2,(H,20,24). The van der Waals surface area contributed by atoms with Gasteiger partial charge in [0.1, 0.15) is 5.58 Å². The molecular weight excluding hydrogens is 316 g/mol. The molecule has 1 aliphatic rings. The quantitative estimate of drug-likeness (QED) is 0.775. The zero-order chi connectivity index (χ0) is 17.1. The second kappa shape index (κ2) is 6.93. The van der Waals surface area contributed by atoms with Crippen molar-refractivity contribution in [2.45, 2.75) is 25.3 Å². The Labute approximate surface area is 145 Å². The predicted octanol–water partition coefficient (Wildman–Crippen LogP) is 2.55. The number of para-hydroxylation sites is 1. The lowest BCUT2D eigenvalue weighted by atomic mass is 10.1. The molecule has 1 aromatic carbocycles. The molecule has 128 valence electrons. The highest BCUT2D eigenvalue weighted by atomic mass is 16.3. The van der Waals surface area contributed by atoms with Crippen molar-refractivity contribution in [3.63, 3.8) is 0 Å². The Hall–Kier alpha value is -2.89. The minimum absolute atomic E-state index is 0.0116. The van der Waals surface area contributed by atoms with E-state index in [1.807, 2.05) is 36.4 Å². The van der Waals surface area contributed by atoms with Crippen LogP contribution in [0.2, 0.25) is 0 Å². The molecule has 3 aromatic rings. The van der Waals surface area contributed by atoms with Crippen LogP contribution in [0.3, 0.4) is 0 Å². The molecule has 1 aliphatic heterocycles. The van der Waals surface area contributed by atoms with Crippen LogP contribution < -0.4 is 10.2 Å². The topological polar surface area (TPSA) is 71.3 Å². The van der Waals surface area contributed by atoms with Crippen LogP contribution in [0.1, 0.15) is 18.4 Å². The predicted molar refractivity (Wildman–Crippen MR) is 95.3 cm³/mol. The van der Waals surface area contributed by atoms with Crippen LogP contribution >= 0.6 is 0 Å². The van der Waals surface area contributed by atoms with Gasteiger partial charge in [0.15, 0.2) is 5.82 Å². The highest BCUT2D eigenvalue weighted by Crippen LogP contribution is 2.23. The molecule has 0 radical (unpaired) electrons. The second-order valence-electron chi connectivity index (χ2n) is 6.31. The molecule has 0 aliphatic carbocycles. The summed E-state index contributed by atoms with van der Waals surface area (Å²) in [6, 6.07) is 11.9. The third kappa shape index (κ3) is 3.33. The van der Waals surface area contributed by atoms with Crippen LogP contribution in [-0.2, 0) is 11.2 Å². The van der Waals surface area contributed by atoms with Gasteiger partial charge in [-0.3, -0.25) is 4.79 Å². The molecule has 4 rings (SSSR count). The van der Waals surface area contributed by atoms with E-state index >= 15 is 0 Å². The molecule has 0 bridgehead atoms. The molecule has 3 heterocycles. The Morgan fingerprint density at radius 1 is 1.28 bits per heavy atom. The highest BCUT2D eigenvalue weighted by molar-refractivity contribution is 5.87. The van der Waals surface area contributed by atoms with Crippen molar-refractivity contribution in [1.82, 2.24) is 15.5 Å². The fourth-order valence-electron chi connectivity index (χ4n) is 3.43. The van der Waals surface area contributed by atoms with Crippen molar-refractivity contribution < 1.29 is 9.21 Å². The average Bonchev–Trinajstić information content (AvgIpc) is 3.28. The maximum absolute atomic E-state index is 12.4. The smallest absolute Gasteiger partial charge is 0.224 e. The largest absolute Gasteiger partial charge is 0.464 e. The maximum Gasteiger partial charge on any atom is 0.224 e. The first-order valence-corrected chi connectivity index (χ1v) is 8.57. The van der Waals surface area contributed by atoms with Crippen LogP contribution in [0, 0.1) is 0 Å². The number of hydrogen-bond donors (Lipinski definition) is 1. The van der Waals surface area contributed by atoms with E-state index in [1.54, 1.807) is 12.5 Å². The summed E-state index contributed by atoms with van der Waals surface area (Å²) in [4.78, 5) is 14.6. The molecule has 6 heteroatoms. The fourth-order valence-corrected chi connectivity index (χ4v) is 3.43. The summed E-state index contributed by atoms with van der Waals surface area (Å²) < 4.78 is 5.50. The molecule has 0 spiro atoms. The molecule has 2 aromatic heterocycles. The zero-order valence-electron chi connectivity index (χ0n) is 13.9. The number of benzene rings is 1. The van der Waals surface area contributed by atoms with Gasteiger partial charge >= 0.3 is 0 Å². The molecule has 1 unspecified atom stereocenters. The number of fused-ring (bicyclic) bond motifs is 1. The van der Waals surface area contributed by atoms with Gasteiger partial charge in [-0.05, 0) is 31.0 Å². The van der Waals surface area contributed by atoms with E-state index in [2.05, 4.69) is 20.4 Å². The maximum atomic E-state index is 12.4. The van der Waals surface area contributed by atoms with E-state index in [1.165, 1.54) is 0 Å². The number of carbonyl (C=O) groups excluding carboxylic acids is 1. The Balaban J connectivity index is 1.37. The number of furan rings is 1. The lowest BCUT2D eigenvalue weighted by Crippen LogP contribution is -2.41. The highest BCUT2D eigenvalue weighted by Gasteiger charge is 2.26. The summed E-state index contributed by atoms with van der Waals surface area (Å²) in [7, 11) is 0. The van der Waals surface area contributed by atoms with Gasteiger partial charge in [0.25, 0.3) is 0 Å². The van der Waals surface area contributed by atoms with Gasteiger partial charge in [-0.1, -0.05) is 18.2 Å². The SMILES string of the molecule is O=C(Cc1coc2ccccc12)NCC1CCCN1c1cccnn1. The number of rotatable bonds is 5. The van der Waals surface area contributed by atoms with Crippen LogP contribution in [0.4, 0.5) is 5.82 Å². The molecule has 1 fully saturated rings. The summed E-state index contributed by atoms with van der Waals surface area (Å²) in [6.45, 7) is 1.57. The van der Waals surface area contributed by atoms with Crippen molar-refractivity contribution in [3.05, 3.63) is 54.4 Å². The molecule has 1 atom stereocenters. The molecule has 25 heavy (non-hydrogen) atoms. The van der Waals surface area contributed by atoms with Gasteiger partial charge in [-0.15, -0.1) is 5.10 Å². The van der Waals surface area contributed by atoms with E-state index in [4.69, 9.17) is 4.42 Å². The summed E-state index contributed by atoms with van der Waals surface area (Å²) in [6.07, 6.45) is 5.82. The third-order valence-corrected chi connectivity index (χ3v) is 4.68. The Kier molecular flexibility index (Phi) is 4.33. The minimum atomic E-state index is 0.0116. The molecule has 1 saturated heterocycles. The minimum Gasteiger partial charge on any atom is -0.464 e. The monoisotopic (exact) mass is 336 g/mol. The first kappa shape index (κ1) is 15.6. The number of amides is 1. The molecule has 1 N–H and O–H groups in total. The van der Waals surface area contributed by atoms with E-state index in [-0.39, 0.29) is 11.9 Å². The number of aromatic nitrogens is 2. The molecule has 6 nitrogen and oxygen atoms in total. The number of nitrogens with one attached hydrogen (secondary N) is 1. The Bertz CT molecular complexity index is 862. The second-order valence-corrected chi connectivity index (χ2v) is 6.31. The number of nitrogens with zero attached hydrogens (tertiary/aromatic N) is 3. The summed E-state index contributed by atoms with van der Waals surface area (Å²) in [5.74, 6) is 0.887. The summed E-state index contributed by atoms with van der Waals surface area (Å²) >= 11 is 0. The van der Waals surface area contributed by atoms with Gasteiger partial charge in [0.05, 0.1) is 12.7 Å². The number of anilines is 1. The summed E-state index contributed by atoms with van der Waals surface area (Å²) in [5.41, 5.74) is 1.74. The van der Waals surface area contributed by atoms with Crippen molar-refractivity contribution >= 4 is 22.7 Å². The Morgan fingerprint density at radius 3 is 3.08 bits per heavy atom. The summed E-state index contributed by atoms with van der Waals surface area (Å²) in [5, 5.41) is 12.2. The first-order valence-electron chi connectivity index (χ1n) is 8.57. The molecular formula is C19H20N4O2. The molecule has 0 saturated carbocycles. The lowest BCUT2D eigenvalue weighted by Gasteiger charge is -2.25. The number of hydrogen-bond acceptors (Lipinski definition) is 5. The molecule has 1 amide bonds. The van der Waals surface area contributed by atoms with Gasteiger partial charge in [-0.25, -0.2) is 0 Å². The average molecular weight is 336 g/mol. The van der Waals surface area contributed by atoms with Crippen LogP contribution in [-0.4, -0.2) is 35.2 Å². The van der Waals surface area contributed by atoms with E-state index in [0.717, 1.165) is 41.7 Å². The van der Waals surface area contributed by atoms with Crippen LogP contribution in [0.15, 0.2) is 53.3 Å². The van der Waals surface area contributed by atoms with Crippen LogP contribution in [0.5, 0.6) is 0 Å².